The molecule has 824 valence electrons. The predicted molar refractivity (Wildman–Crippen MR) is 536 cm³/mol. The Morgan fingerprint density at radius 3 is 1.22 bits per heavy atom. The van der Waals surface area contributed by atoms with Gasteiger partial charge < -0.3 is 153 Å². The number of carboxylic acid groups (broad SMARTS) is 3. The van der Waals surface area contributed by atoms with Gasteiger partial charge in [-0.25, -0.2) is 9.78 Å². The van der Waals surface area contributed by atoms with E-state index in [9.17, 15) is 136 Å². The molecule has 19 atom stereocenters. The summed E-state index contributed by atoms with van der Waals surface area (Å²) in [6, 6.07) is -14.5. The molecule has 4 rings (SSSR count). The highest BCUT2D eigenvalue weighted by Gasteiger charge is 2.42. The largest absolute Gasteiger partial charge is 0.481 e. The van der Waals surface area contributed by atoms with Crippen molar-refractivity contribution < 1.29 is 141 Å². The van der Waals surface area contributed by atoms with Gasteiger partial charge in [0.1, 0.15) is 109 Å². The zero-order chi connectivity index (χ0) is 112. The van der Waals surface area contributed by atoms with Gasteiger partial charge in [0.2, 0.25) is 118 Å². The molecule has 149 heavy (non-hydrogen) atoms. The summed E-state index contributed by atoms with van der Waals surface area (Å²) in [5, 5.41) is 108. The Kier molecular flexibility index (Phi) is 53.5. The van der Waals surface area contributed by atoms with E-state index >= 15 is 4.79 Å². The summed E-state index contributed by atoms with van der Waals surface area (Å²) in [6.07, 6.45) is -2.47. The van der Waals surface area contributed by atoms with Crippen LogP contribution in [0.2, 0.25) is 0 Å². The highest BCUT2D eigenvalue weighted by molar-refractivity contribution is 7.80. The van der Waals surface area contributed by atoms with Gasteiger partial charge in [0.25, 0.3) is 0 Å². The van der Waals surface area contributed by atoms with E-state index < -0.39 is 327 Å². The molecule has 20 amide bonds. The lowest BCUT2D eigenvalue weighted by molar-refractivity contribution is -0.143. The van der Waals surface area contributed by atoms with Crippen molar-refractivity contribution in [2.45, 2.75) is 289 Å². The van der Waals surface area contributed by atoms with Gasteiger partial charge in [-0.1, -0.05) is 118 Å². The lowest BCUT2D eigenvalue weighted by atomic mass is 9.99. The number of para-hydroxylation sites is 1. The van der Waals surface area contributed by atoms with E-state index in [1.54, 1.807) is 110 Å². The van der Waals surface area contributed by atoms with Crippen molar-refractivity contribution >= 4 is 160 Å². The van der Waals surface area contributed by atoms with Crippen LogP contribution in [0, 0.1) is 29.6 Å². The Hall–Kier alpha value is -14.8. The van der Waals surface area contributed by atoms with Crippen LogP contribution in [0.15, 0.2) is 73.3 Å². The number of nitrogens with one attached hydrogen (secondary N) is 21. The number of carboxylic acids is 3. The molecule has 2 heterocycles. The van der Waals surface area contributed by atoms with Crippen molar-refractivity contribution in [1.82, 2.24) is 116 Å². The Balaban J connectivity index is 1.53. The Bertz CT molecular complexity index is 5280. The monoisotopic (exact) mass is 2120 g/mol. The van der Waals surface area contributed by atoms with Crippen LogP contribution in [0.1, 0.15) is 172 Å². The van der Waals surface area contributed by atoms with Gasteiger partial charge in [-0.15, -0.1) is 0 Å². The second-order valence-corrected chi connectivity index (χ2v) is 38.3. The van der Waals surface area contributed by atoms with Crippen molar-refractivity contribution in [1.29, 1.82) is 0 Å². The number of nitrogens with zero attached hydrogens (tertiary/aromatic N) is 1. The van der Waals surface area contributed by atoms with E-state index in [0.29, 0.717) is 22.0 Å². The molecular formula is C95H144N24O29S. The number of H-pyrrole nitrogens is 2. The number of rotatable bonds is 66. The summed E-state index contributed by atoms with van der Waals surface area (Å²) in [5.74, 6) is -27.8. The number of carbonyl (C=O) groups is 23. The predicted octanol–water partition coefficient (Wildman–Crippen LogP) is -7.39. The molecule has 2 aromatic carbocycles. The van der Waals surface area contributed by atoms with Crippen molar-refractivity contribution in [2.24, 2.45) is 41.1 Å². The normalized spacial score (nSPS) is 15.1. The van der Waals surface area contributed by atoms with Crippen LogP contribution < -0.4 is 112 Å². The number of aliphatic hydroxyl groups excluding tert-OH is 3. The Labute approximate surface area is 864 Å². The first-order chi connectivity index (χ1) is 70.0. The number of thiol groups is 1. The van der Waals surface area contributed by atoms with Crippen molar-refractivity contribution in [3.63, 3.8) is 0 Å². The minimum Gasteiger partial charge on any atom is -0.481 e. The number of carbonyl (C=O) groups excluding carboxylic acids is 20. The topological polar surface area (TPSA) is 839 Å². The van der Waals surface area contributed by atoms with Crippen LogP contribution in [0.3, 0.4) is 0 Å². The van der Waals surface area contributed by atoms with E-state index in [-0.39, 0.29) is 68.2 Å². The van der Waals surface area contributed by atoms with Crippen LogP contribution >= 0.6 is 12.6 Å². The summed E-state index contributed by atoms with van der Waals surface area (Å²) >= 11 is 4.20. The molecule has 0 saturated carbocycles. The Morgan fingerprint density at radius 1 is 0.369 bits per heavy atom. The summed E-state index contributed by atoms with van der Waals surface area (Å²) in [6.45, 7) is 17.6. The Morgan fingerprint density at radius 2 is 0.752 bits per heavy atom. The summed E-state index contributed by atoms with van der Waals surface area (Å²) in [5.41, 5.74) is 12.2. The van der Waals surface area contributed by atoms with Crippen molar-refractivity contribution in [3.05, 3.63) is 90.1 Å². The third kappa shape index (κ3) is 44.4. The molecular weight excluding hydrogens is 1970 g/mol. The second kappa shape index (κ2) is 63.0. The fraction of sp³-hybridized carbons (Fsp3) is 0.579. The molecule has 0 fully saturated rings. The maximum atomic E-state index is 15.1. The summed E-state index contributed by atoms with van der Waals surface area (Å²) in [4.78, 5) is 323. The zero-order valence-corrected chi connectivity index (χ0v) is 86.3. The number of aliphatic carboxylic acids is 3. The quantitative estimate of drug-likeness (QED) is 0.0183. The fourth-order valence-corrected chi connectivity index (χ4v) is 15.2. The molecule has 54 heteroatoms. The highest BCUT2D eigenvalue weighted by Crippen LogP contribution is 2.22. The van der Waals surface area contributed by atoms with Crippen molar-refractivity contribution in [2.75, 3.05) is 32.1 Å². The standard InChI is InChI=1S/C95H144N24O29S/c1-44(2)28-60(107-79(131)50(12)103-81(133)58(24-26-71(97)123)105-72(124)36-96)86(138)117-70(42-149)92(144)102-49(11)78(130)100-39-73(125)118-76(48(9)10)93(145)116-68(40-120)90(142)110-62(30-46(5)6)84(136)111-63(32-53-20-16-15-17-21-53)83(135)104-51(13)80(132)108-66(35-75(128)129)89(141)112-64(33-54-37-99-57-23-19-18-22-56(54)57)87(139)109-61(29-45(3)4)85(137)113-65(34-55-38-98-43-101-55)88(140)106-59(25-27-74(126)127)82(134)115-69(41-121)91(143)119-77(52(14)122)94(146)114-67(95(147)148)31-47(7)8/h15-23,37-38,43-52,58-70,76-77,99,120-122,149H,24-36,39-42,96H2,1-14H3,(H2,97,123)(H,98,101)(H,100,130)(H,102,144)(H,103,133)(H,104,135)(H,105,124)(H,106,140)(H,107,131)(H,108,132)(H,109,139)(H,110,142)(H,111,136)(H,112,141)(H,113,137)(H,114,146)(H,115,134)(H,116,145)(H,117,138)(H,118,125)(H,119,143)(H,126,127)(H,128,129)(H,147,148)/t49-,50-,51-,52+,58-,59-,60-,61-,62-,63-,64-,65-,66-,67-,68-,69-,70-,76-,77-/m0/s1. The molecule has 0 spiro atoms. The summed E-state index contributed by atoms with van der Waals surface area (Å²) < 4.78 is 0. The SMILES string of the molecule is CC(C)C[C@H](NC(=O)[C@@H](NC(=O)[C@H](CO)NC(=O)[C@H](CCC(=O)O)NC(=O)[C@H](Cc1cnc[nH]1)NC(=O)[C@H](CC(C)C)NC(=O)[C@H](Cc1c[nH]c2ccccc12)NC(=O)[C@H](CC(=O)O)NC(=O)[C@H](C)NC(=O)[C@H](Cc1ccccc1)NC(=O)[C@H](CC(C)C)NC(=O)[C@H](CO)NC(=O)[C@@H](NC(=O)CNC(=O)[C@H](C)NC(=O)[C@H](CS)NC(=O)[C@H](CC(C)C)NC(=O)[C@H](C)NC(=O)[C@H](CCC(N)=O)NC(=O)CN)C(C)C)[C@@H](C)O)C(=O)O. The van der Waals surface area contributed by atoms with Gasteiger partial charge in [-0.2, -0.15) is 12.6 Å². The smallest absolute Gasteiger partial charge is 0.326 e. The number of aromatic nitrogens is 3. The minimum atomic E-state index is -2.07. The molecule has 4 aromatic rings. The van der Waals surface area contributed by atoms with Crippen LogP contribution in [0.5, 0.6) is 0 Å². The lowest BCUT2D eigenvalue weighted by Crippen LogP contribution is -2.62. The van der Waals surface area contributed by atoms with Crippen molar-refractivity contribution in [3.8, 4) is 0 Å². The summed E-state index contributed by atoms with van der Waals surface area (Å²) in [7, 11) is 0. The van der Waals surface area contributed by atoms with E-state index in [0.717, 1.165) is 13.8 Å². The average molecular weight is 2120 g/mol. The van der Waals surface area contributed by atoms with Crippen LogP contribution in [0.4, 0.5) is 0 Å². The van der Waals surface area contributed by atoms with Crippen LogP contribution in [-0.4, -0.2) is 329 Å². The molecule has 53 nitrogen and oxygen atoms in total. The lowest BCUT2D eigenvalue weighted by Gasteiger charge is -2.28. The number of hydrogen-bond acceptors (Lipinski definition) is 29. The number of aromatic amines is 2. The van der Waals surface area contributed by atoms with Gasteiger partial charge in [-0.3, -0.25) is 105 Å². The second-order valence-electron chi connectivity index (χ2n) is 38.0. The number of benzene rings is 2. The number of primary amides is 1. The van der Waals surface area contributed by atoms with Crippen LogP contribution in [-0.2, 0) is 130 Å². The van der Waals surface area contributed by atoms with Crippen LogP contribution in [0.25, 0.3) is 10.9 Å². The molecule has 0 unspecified atom stereocenters. The average Bonchev–Trinajstić information content (AvgIpc) is 1.68. The molecule has 2 aromatic heterocycles. The van der Waals surface area contributed by atoms with Gasteiger partial charge in [-0.05, 0) is 113 Å². The molecule has 0 aliphatic heterocycles. The third-order valence-electron chi connectivity index (χ3n) is 22.9. The first-order valence-corrected chi connectivity index (χ1v) is 49.1. The molecule has 0 aliphatic carbocycles. The third-order valence-corrected chi connectivity index (χ3v) is 23.2. The van der Waals surface area contributed by atoms with Gasteiger partial charge >= 0.3 is 17.9 Å². The molecule has 31 N–H and O–H groups in total. The fourth-order valence-electron chi connectivity index (χ4n) is 14.9. The number of aliphatic hydroxyl groups is 3. The minimum absolute atomic E-state index is 0.0183. The van der Waals surface area contributed by atoms with E-state index in [4.69, 9.17) is 11.5 Å². The number of nitrogens with two attached hydrogens (primary N) is 2. The molecule has 0 saturated heterocycles. The van der Waals surface area contributed by atoms with E-state index in [1.807, 2.05) is 0 Å². The number of imidazole rings is 1. The van der Waals surface area contributed by atoms with Gasteiger partial charge in [0.15, 0.2) is 0 Å². The molecule has 0 aliphatic rings. The highest BCUT2D eigenvalue weighted by atomic mass is 32.1. The maximum Gasteiger partial charge on any atom is 0.326 e. The first-order valence-electron chi connectivity index (χ1n) is 48.4. The zero-order valence-electron chi connectivity index (χ0n) is 85.4. The maximum absolute atomic E-state index is 15.1. The van der Waals surface area contributed by atoms with E-state index in [2.05, 4.69) is 129 Å². The molecule has 0 bridgehead atoms. The molecule has 0 radical (unpaired) electrons. The number of hydrogen-bond donors (Lipinski definition) is 30. The van der Waals surface area contributed by atoms with E-state index in [1.165, 1.54) is 46.4 Å². The van der Waals surface area contributed by atoms with Gasteiger partial charge in [0.05, 0.1) is 45.2 Å². The number of amides is 20. The number of fused-ring (bicyclic) bond motifs is 1. The van der Waals surface area contributed by atoms with Gasteiger partial charge in [0, 0.05) is 66.8 Å². The first kappa shape index (κ1) is 126.